The number of ether oxygens (including phenoxy) is 1. The van der Waals surface area contributed by atoms with Gasteiger partial charge in [0.05, 0.1) is 5.02 Å². The van der Waals surface area contributed by atoms with Crippen LogP contribution in [0.3, 0.4) is 0 Å². The number of halogens is 2. The van der Waals surface area contributed by atoms with Crippen molar-refractivity contribution in [1.29, 1.82) is 0 Å². The van der Waals surface area contributed by atoms with E-state index in [1.54, 1.807) is 24.3 Å². The number of hydrogen-bond acceptors (Lipinski definition) is 4. The van der Waals surface area contributed by atoms with Crippen molar-refractivity contribution in [3.63, 3.8) is 0 Å². The molecule has 1 heterocycles. The zero-order valence-corrected chi connectivity index (χ0v) is 11.9. The van der Waals surface area contributed by atoms with Crippen molar-refractivity contribution in [2.75, 3.05) is 5.73 Å². The summed E-state index contributed by atoms with van der Waals surface area (Å²) in [5.74, 6) is 1.04. The quantitative estimate of drug-likeness (QED) is 0.922. The number of nitrogens with zero attached hydrogens (tertiary/aromatic N) is 2. The highest BCUT2D eigenvalue weighted by atomic mass is 35.5. The minimum absolute atomic E-state index is 0.186. The van der Waals surface area contributed by atoms with Crippen molar-refractivity contribution >= 4 is 29.2 Å². The van der Waals surface area contributed by atoms with Gasteiger partial charge in [0.15, 0.2) is 0 Å². The molecular formula is C13H13Cl2N3O. The lowest BCUT2D eigenvalue weighted by molar-refractivity contribution is 0.461. The molecule has 0 aliphatic rings. The van der Waals surface area contributed by atoms with E-state index in [0.717, 1.165) is 18.5 Å². The lowest BCUT2D eigenvalue weighted by atomic mass is 10.2. The third-order valence-corrected chi connectivity index (χ3v) is 2.92. The predicted octanol–water partition coefficient (Wildman–Crippen LogP) is 4.11. The van der Waals surface area contributed by atoms with Gasteiger partial charge in [-0.3, -0.25) is 0 Å². The van der Waals surface area contributed by atoms with Crippen LogP contribution in [0.2, 0.25) is 10.0 Å². The molecule has 1 aromatic heterocycles. The standard InChI is InChI=1S/C13H13Cl2N3O/c1-2-3-9-7-12(18-13(16)17-9)19-11-5-4-8(14)6-10(11)15/h4-7H,2-3H2,1H3,(H2,16,17,18). The summed E-state index contributed by atoms with van der Waals surface area (Å²) in [6, 6.07) is 6.74. The summed E-state index contributed by atoms with van der Waals surface area (Å²) in [5, 5.41) is 0.966. The van der Waals surface area contributed by atoms with E-state index in [1.807, 2.05) is 0 Å². The van der Waals surface area contributed by atoms with Crippen molar-refractivity contribution in [2.24, 2.45) is 0 Å². The first kappa shape index (κ1) is 13.9. The van der Waals surface area contributed by atoms with E-state index in [1.165, 1.54) is 0 Å². The van der Waals surface area contributed by atoms with Gasteiger partial charge >= 0.3 is 0 Å². The highest BCUT2D eigenvalue weighted by Gasteiger charge is 2.07. The second-order valence-electron chi connectivity index (χ2n) is 3.98. The smallest absolute Gasteiger partial charge is 0.224 e. The van der Waals surface area contributed by atoms with Crippen molar-refractivity contribution in [1.82, 2.24) is 9.97 Å². The zero-order valence-electron chi connectivity index (χ0n) is 10.4. The monoisotopic (exact) mass is 297 g/mol. The minimum Gasteiger partial charge on any atom is -0.437 e. The third kappa shape index (κ3) is 3.72. The first-order valence-corrected chi connectivity index (χ1v) is 6.60. The Labute approximate surface area is 121 Å². The molecule has 0 atom stereocenters. The molecule has 2 rings (SSSR count). The largest absolute Gasteiger partial charge is 0.437 e. The van der Waals surface area contributed by atoms with Crippen LogP contribution in [0.15, 0.2) is 24.3 Å². The normalized spacial score (nSPS) is 10.5. The van der Waals surface area contributed by atoms with Crippen LogP contribution >= 0.6 is 23.2 Å². The molecule has 0 radical (unpaired) electrons. The van der Waals surface area contributed by atoms with E-state index in [2.05, 4.69) is 16.9 Å². The Morgan fingerprint density at radius 2 is 2.00 bits per heavy atom. The van der Waals surface area contributed by atoms with E-state index in [-0.39, 0.29) is 5.95 Å². The van der Waals surface area contributed by atoms with Gasteiger partial charge in [0.2, 0.25) is 11.8 Å². The van der Waals surface area contributed by atoms with Crippen molar-refractivity contribution in [2.45, 2.75) is 19.8 Å². The molecule has 0 bridgehead atoms. The maximum atomic E-state index is 6.04. The van der Waals surface area contributed by atoms with Crippen molar-refractivity contribution < 1.29 is 4.74 Å². The number of nitrogen functional groups attached to an aromatic ring is 1. The summed E-state index contributed by atoms with van der Waals surface area (Å²) in [5.41, 5.74) is 6.49. The first-order valence-electron chi connectivity index (χ1n) is 5.85. The topological polar surface area (TPSA) is 61.0 Å². The summed E-state index contributed by atoms with van der Waals surface area (Å²) in [6.07, 6.45) is 1.79. The Hall–Kier alpha value is -1.52. The Balaban J connectivity index is 2.27. The predicted molar refractivity (Wildman–Crippen MR) is 77.0 cm³/mol. The Morgan fingerprint density at radius 3 is 2.68 bits per heavy atom. The SMILES string of the molecule is CCCc1cc(Oc2ccc(Cl)cc2Cl)nc(N)n1. The fourth-order valence-corrected chi connectivity index (χ4v) is 2.05. The highest BCUT2D eigenvalue weighted by molar-refractivity contribution is 6.35. The average molecular weight is 298 g/mol. The van der Waals surface area contributed by atoms with E-state index in [0.29, 0.717) is 21.7 Å². The van der Waals surface area contributed by atoms with Gasteiger partial charge in [0, 0.05) is 16.8 Å². The van der Waals surface area contributed by atoms with Gasteiger partial charge < -0.3 is 10.5 Å². The number of anilines is 1. The van der Waals surface area contributed by atoms with Gasteiger partial charge in [-0.2, -0.15) is 4.98 Å². The molecule has 0 fully saturated rings. The van der Waals surface area contributed by atoms with Crippen molar-refractivity contribution in [3.05, 3.63) is 40.0 Å². The Bertz CT molecular complexity index is 590. The van der Waals surface area contributed by atoms with Crippen LogP contribution in [0, 0.1) is 0 Å². The third-order valence-electron chi connectivity index (χ3n) is 2.39. The molecule has 19 heavy (non-hydrogen) atoms. The zero-order chi connectivity index (χ0) is 13.8. The highest BCUT2D eigenvalue weighted by Crippen LogP contribution is 2.31. The molecule has 0 spiro atoms. The molecule has 6 heteroatoms. The lowest BCUT2D eigenvalue weighted by Crippen LogP contribution is -2.01. The maximum Gasteiger partial charge on any atom is 0.224 e. The summed E-state index contributed by atoms with van der Waals surface area (Å²) < 4.78 is 5.61. The van der Waals surface area contributed by atoms with Gasteiger partial charge in [-0.25, -0.2) is 4.98 Å². The molecule has 2 N–H and O–H groups in total. The maximum absolute atomic E-state index is 6.04. The van der Waals surface area contributed by atoms with Gasteiger partial charge in [-0.15, -0.1) is 0 Å². The molecule has 100 valence electrons. The van der Waals surface area contributed by atoms with Crippen LogP contribution in [-0.4, -0.2) is 9.97 Å². The molecular weight excluding hydrogens is 285 g/mol. The van der Waals surface area contributed by atoms with Crippen LogP contribution in [0.1, 0.15) is 19.0 Å². The number of rotatable bonds is 4. The molecule has 0 aliphatic heterocycles. The molecule has 0 saturated carbocycles. The molecule has 0 amide bonds. The van der Waals surface area contributed by atoms with Gasteiger partial charge in [-0.05, 0) is 24.6 Å². The van der Waals surface area contributed by atoms with Gasteiger partial charge in [0.25, 0.3) is 0 Å². The Kier molecular flexibility index (Phi) is 4.45. The van der Waals surface area contributed by atoms with Crippen molar-refractivity contribution in [3.8, 4) is 11.6 Å². The number of nitrogens with two attached hydrogens (primary N) is 1. The average Bonchev–Trinajstić information content (AvgIpc) is 2.32. The fraction of sp³-hybridized carbons (Fsp3) is 0.231. The molecule has 0 aliphatic carbocycles. The molecule has 2 aromatic rings. The van der Waals surface area contributed by atoms with Crippen LogP contribution in [0.4, 0.5) is 5.95 Å². The summed E-state index contributed by atoms with van der Waals surface area (Å²) in [7, 11) is 0. The number of aromatic nitrogens is 2. The summed E-state index contributed by atoms with van der Waals surface area (Å²) in [4.78, 5) is 8.16. The minimum atomic E-state index is 0.186. The molecule has 4 nitrogen and oxygen atoms in total. The second-order valence-corrected chi connectivity index (χ2v) is 4.83. The molecule has 1 aromatic carbocycles. The lowest BCUT2D eigenvalue weighted by Gasteiger charge is -2.08. The van der Waals surface area contributed by atoms with Crippen LogP contribution < -0.4 is 10.5 Å². The second kappa shape index (κ2) is 6.08. The van der Waals surface area contributed by atoms with Crippen LogP contribution in [0.5, 0.6) is 11.6 Å². The van der Waals surface area contributed by atoms with E-state index >= 15 is 0 Å². The summed E-state index contributed by atoms with van der Waals surface area (Å²) in [6.45, 7) is 2.06. The van der Waals surface area contributed by atoms with Gasteiger partial charge in [-0.1, -0.05) is 36.5 Å². The number of benzene rings is 1. The van der Waals surface area contributed by atoms with Gasteiger partial charge in [0.1, 0.15) is 5.75 Å². The molecule has 0 saturated heterocycles. The fourth-order valence-electron chi connectivity index (χ4n) is 1.60. The van der Waals surface area contributed by atoms with E-state index in [9.17, 15) is 0 Å². The number of hydrogen-bond donors (Lipinski definition) is 1. The first-order chi connectivity index (χ1) is 9.08. The Morgan fingerprint density at radius 1 is 1.21 bits per heavy atom. The molecule has 0 unspecified atom stereocenters. The summed E-state index contributed by atoms with van der Waals surface area (Å²) >= 11 is 11.9. The van der Waals surface area contributed by atoms with E-state index in [4.69, 9.17) is 33.7 Å². The van der Waals surface area contributed by atoms with Crippen LogP contribution in [0.25, 0.3) is 0 Å². The number of aryl methyl sites for hydroxylation is 1. The van der Waals surface area contributed by atoms with E-state index < -0.39 is 0 Å². The van der Waals surface area contributed by atoms with Crippen LogP contribution in [-0.2, 0) is 6.42 Å².